The van der Waals surface area contributed by atoms with Crippen LogP contribution in [0.25, 0.3) is 0 Å². The predicted molar refractivity (Wildman–Crippen MR) is 83.7 cm³/mol. The van der Waals surface area contributed by atoms with Gasteiger partial charge < -0.3 is 5.32 Å². The van der Waals surface area contributed by atoms with Crippen molar-refractivity contribution in [2.24, 2.45) is 0 Å². The molecule has 1 nitrogen and oxygen atoms in total. The minimum Gasteiger partial charge on any atom is -0.316 e. The SMILES string of the molecule is CCCCNCCc1ccc(C2CCCCC2)cc1. The van der Waals surface area contributed by atoms with Crippen molar-refractivity contribution in [1.29, 1.82) is 0 Å². The summed E-state index contributed by atoms with van der Waals surface area (Å²) in [6.07, 6.45) is 10.8. The Labute approximate surface area is 118 Å². The Morgan fingerprint density at radius 3 is 2.42 bits per heavy atom. The van der Waals surface area contributed by atoms with Crippen molar-refractivity contribution in [3.05, 3.63) is 35.4 Å². The minimum absolute atomic E-state index is 0.838. The maximum Gasteiger partial charge on any atom is -0.000835 e. The highest BCUT2D eigenvalue weighted by atomic mass is 14.8. The molecule has 0 amide bonds. The highest BCUT2D eigenvalue weighted by molar-refractivity contribution is 5.25. The summed E-state index contributed by atoms with van der Waals surface area (Å²) in [4.78, 5) is 0. The highest BCUT2D eigenvalue weighted by Gasteiger charge is 2.14. The second-order valence-electron chi connectivity index (χ2n) is 5.93. The Morgan fingerprint density at radius 1 is 1.00 bits per heavy atom. The van der Waals surface area contributed by atoms with Gasteiger partial charge in [-0.25, -0.2) is 0 Å². The summed E-state index contributed by atoms with van der Waals surface area (Å²) in [5.41, 5.74) is 3.05. The van der Waals surface area contributed by atoms with Gasteiger partial charge >= 0.3 is 0 Å². The quantitative estimate of drug-likeness (QED) is 0.702. The first-order chi connectivity index (χ1) is 9.40. The third-order valence-electron chi connectivity index (χ3n) is 4.35. The minimum atomic E-state index is 0.838. The Hall–Kier alpha value is -0.820. The zero-order valence-electron chi connectivity index (χ0n) is 12.5. The smallest absolute Gasteiger partial charge is 0.000835 e. The third-order valence-corrected chi connectivity index (χ3v) is 4.35. The molecule has 19 heavy (non-hydrogen) atoms. The molecule has 1 aliphatic carbocycles. The molecule has 0 saturated heterocycles. The average molecular weight is 259 g/mol. The molecule has 1 aromatic rings. The van der Waals surface area contributed by atoms with Crippen molar-refractivity contribution >= 4 is 0 Å². The summed E-state index contributed by atoms with van der Waals surface area (Å²) >= 11 is 0. The zero-order valence-corrected chi connectivity index (χ0v) is 12.5. The standard InChI is InChI=1S/C18H29N/c1-2-3-14-19-15-13-16-9-11-18(12-10-16)17-7-5-4-6-8-17/h9-12,17,19H,2-8,13-15H2,1H3. The van der Waals surface area contributed by atoms with Gasteiger partial charge in [0.25, 0.3) is 0 Å². The van der Waals surface area contributed by atoms with Gasteiger partial charge in [0.15, 0.2) is 0 Å². The van der Waals surface area contributed by atoms with Gasteiger partial charge in [-0.3, -0.25) is 0 Å². The van der Waals surface area contributed by atoms with E-state index in [1.807, 2.05) is 0 Å². The summed E-state index contributed by atoms with van der Waals surface area (Å²) in [7, 11) is 0. The molecule has 0 atom stereocenters. The van der Waals surface area contributed by atoms with E-state index >= 15 is 0 Å². The molecular formula is C18H29N. The number of hydrogen-bond donors (Lipinski definition) is 1. The zero-order chi connectivity index (χ0) is 13.3. The molecule has 1 aliphatic rings. The van der Waals surface area contributed by atoms with Gasteiger partial charge in [0.2, 0.25) is 0 Å². The van der Waals surface area contributed by atoms with Crippen molar-refractivity contribution in [3.63, 3.8) is 0 Å². The number of nitrogens with one attached hydrogen (secondary N) is 1. The molecule has 106 valence electrons. The lowest BCUT2D eigenvalue weighted by Crippen LogP contribution is -2.18. The van der Waals surface area contributed by atoms with Gasteiger partial charge in [-0.1, -0.05) is 56.9 Å². The van der Waals surface area contributed by atoms with Crippen LogP contribution in [-0.4, -0.2) is 13.1 Å². The Kier molecular flexibility index (Phi) is 6.43. The maximum absolute atomic E-state index is 3.51. The molecule has 0 heterocycles. The molecule has 1 fully saturated rings. The molecule has 0 unspecified atom stereocenters. The van der Waals surface area contributed by atoms with Gasteiger partial charge in [0.05, 0.1) is 0 Å². The van der Waals surface area contributed by atoms with Crippen LogP contribution in [0.4, 0.5) is 0 Å². The van der Waals surface area contributed by atoms with E-state index in [0.29, 0.717) is 0 Å². The predicted octanol–water partition coefficient (Wildman–Crippen LogP) is 4.67. The van der Waals surface area contributed by atoms with Crippen LogP contribution < -0.4 is 5.32 Å². The number of hydrogen-bond acceptors (Lipinski definition) is 1. The van der Waals surface area contributed by atoms with E-state index in [0.717, 1.165) is 25.4 Å². The van der Waals surface area contributed by atoms with E-state index in [-0.39, 0.29) is 0 Å². The second kappa shape index (κ2) is 8.37. The Morgan fingerprint density at radius 2 is 1.74 bits per heavy atom. The van der Waals surface area contributed by atoms with E-state index in [4.69, 9.17) is 0 Å². The average Bonchev–Trinajstić information content (AvgIpc) is 2.49. The molecule has 0 bridgehead atoms. The van der Waals surface area contributed by atoms with Crippen molar-refractivity contribution < 1.29 is 0 Å². The lowest BCUT2D eigenvalue weighted by molar-refractivity contribution is 0.443. The van der Waals surface area contributed by atoms with Gasteiger partial charge in [0.1, 0.15) is 0 Å². The van der Waals surface area contributed by atoms with Crippen molar-refractivity contribution in [2.75, 3.05) is 13.1 Å². The Bertz CT molecular complexity index is 335. The lowest BCUT2D eigenvalue weighted by atomic mass is 9.84. The summed E-state index contributed by atoms with van der Waals surface area (Å²) < 4.78 is 0. The topological polar surface area (TPSA) is 12.0 Å². The van der Waals surface area contributed by atoms with Crippen LogP contribution in [0.15, 0.2) is 24.3 Å². The molecule has 1 aromatic carbocycles. The van der Waals surface area contributed by atoms with Crippen molar-refractivity contribution in [3.8, 4) is 0 Å². The summed E-state index contributed by atoms with van der Waals surface area (Å²) in [6, 6.07) is 9.42. The van der Waals surface area contributed by atoms with E-state index in [2.05, 4.69) is 36.5 Å². The first-order valence-corrected chi connectivity index (χ1v) is 8.19. The van der Waals surface area contributed by atoms with Gasteiger partial charge in [-0.15, -0.1) is 0 Å². The first-order valence-electron chi connectivity index (χ1n) is 8.19. The van der Waals surface area contributed by atoms with E-state index in [1.54, 1.807) is 5.56 Å². The molecule has 0 spiro atoms. The number of rotatable bonds is 7. The van der Waals surface area contributed by atoms with E-state index in [1.165, 1.54) is 50.5 Å². The van der Waals surface area contributed by atoms with E-state index < -0.39 is 0 Å². The normalized spacial score (nSPS) is 16.7. The van der Waals surface area contributed by atoms with Gasteiger partial charge in [-0.05, 0) is 55.8 Å². The van der Waals surface area contributed by atoms with Crippen molar-refractivity contribution in [1.82, 2.24) is 5.32 Å². The molecular weight excluding hydrogens is 230 g/mol. The monoisotopic (exact) mass is 259 g/mol. The lowest BCUT2D eigenvalue weighted by Gasteiger charge is -2.22. The fourth-order valence-electron chi connectivity index (χ4n) is 3.05. The van der Waals surface area contributed by atoms with Gasteiger partial charge in [-0.2, -0.15) is 0 Å². The summed E-state index contributed by atoms with van der Waals surface area (Å²) in [6.45, 7) is 4.52. The molecule has 1 N–H and O–H groups in total. The number of unbranched alkanes of at least 4 members (excludes halogenated alkanes) is 1. The van der Waals surface area contributed by atoms with Crippen LogP contribution in [-0.2, 0) is 6.42 Å². The fraction of sp³-hybridized carbons (Fsp3) is 0.667. The Balaban J connectivity index is 1.74. The van der Waals surface area contributed by atoms with Crippen LogP contribution in [0.1, 0.15) is 68.9 Å². The molecule has 2 rings (SSSR count). The largest absolute Gasteiger partial charge is 0.316 e. The summed E-state index contributed by atoms with van der Waals surface area (Å²) in [5, 5.41) is 3.51. The molecule has 1 saturated carbocycles. The van der Waals surface area contributed by atoms with E-state index in [9.17, 15) is 0 Å². The highest BCUT2D eigenvalue weighted by Crippen LogP contribution is 2.32. The van der Waals surface area contributed by atoms with Crippen LogP contribution in [0.3, 0.4) is 0 Å². The fourth-order valence-corrected chi connectivity index (χ4v) is 3.05. The number of benzene rings is 1. The first kappa shape index (κ1) is 14.6. The van der Waals surface area contributed by atoms with Gasteiger partial charge in [0, 0.05) is 0 Å². The molecule has 0 aliphatic heterocycles. The maximum atomic E-state index is 3.51. The van der Waals surface area contributed by atoms with Crippen LogP contribution in [0.5, 0.6) is 0 Å². The van der Waals surface area contributed by atoms with Crippen LogP contribution in [0.2, 0.25) is 0 Å². The molecule has 0 radical (unpaired) electrons. The third kappa shape index (κ3) is 4.99. The van der Waals surface area contributed by atoms with Crippen LogP contribution >= 0.6 is 0 Å². The second-order valence-corrected chi connectivity index (χ2v) is 5.93. The molecule has 0 aromatic heterocycles. The van der Waals surface area contributed by atoms with Crippen molar-refractivity contribution in [2.45, 2.75) is 64.2 Å². The van der Waals surface area contributed by atoms with Crippen LogP contribution in [0, 0.1) is 0 Å². The summed E-state index contributed by atoms with van der Waals surface area (Å²) in [5.74, 6) is 0.838. The molecule has 1 heteroatoms.